The minimum absolute atomic E-state index is 0.0188. The van der Waals surface area contributed by atoms with E-state index in [2.05, 4.69) is 0 Å². The van der Waals surface area contributed by atoms with E-state index < -0.39 is 28.3 Å². The van der Waals surface area contributed by atoms with Gasteiger partial charge in [-0.25, -0.2) is 4.79 Å². The molecule has 0 radical (unpaired) electrons. The molecular formula is C24H30O9S. The fourth-order valence-electron chi connectivity index (χ4n) is 3.34. The minimum atomic E-state index is -4.26. The van der Waals surface area contributed by atoms with Crippen molar-refractivity contribution in [2.24, 2.45) is 0 Å². The fraction of sp³-hybridized carbons (Fsp3) is 0.458. The lowest BCUT2D eigenvalue weighted by Crippen LogP contribution is -2.31. The van der Waals surface area contributed by atoms with Gasteiger partial charge in [-0.15, -0.1) is 0 Å². The molecule has 2 aromatic carbocycles. The SMILES string of the molecule is COCCOCCOC(=O)c1ccccc1S(=O)(=O)O[C@H]1CCO[C@H]1COCc1ccccc1. The van der Waals surface area contributed by atoms with Crippen LogP contribution in [0.3, 0.4) is 0 Å². The quantitative estimate of drug-likeness (QED) is 0.222. The molecule has 9 nitrogen and oxygen atoms in total. The number of rotatable bonds is 14. The van der Waals surface area contributed by atoms with Crippen molar-refractivity contribution in [3.63, 3.8) is 0 Å². The van der Waals surface area contributed by atoms with Gasteiger partial charge in [-0.2, -0.15) is 8.42 Å². The van der Waals surface area contributed by atoms with Crippen molar-refractivity contribution >= 4 is 16.1 Å². The van der Waals surface area contributed by atoms with Crippen molar-refractivity contribution in [3.05, 3.63) is 65.7 Å². The van der Waals surface area contributed by atoms with Gasteiger partial charge in [0.1, 0.15) is 23.7 Å². The molecule has 0 amide bonds. The van der Waals surface area contributed by atoms with E-state index in [1.54, 1.807) is 13.2 Å². The molecule has 186 valence electrons. The molecule has 0 aliphatic carbocycles. The average molecular weight is 495 g/mol. The van der Waals surface area contributed by atoms with Crippen LogP contribution in [0.5, 0.6) is 0 Å². The highest BCUT2D eigenvalue weighted by atomic mass is 32.2. The molecule has 0 aromatic heterocycles. The molecule has 34 heavy (non-hydrogen) atoms. The second-order valence-corrected chi connectivity index (χ2v) is 9.07. The molecule has 0 N–H and O–H groups in total. The summed E-state index contributed by atoms with van der Waals surface area (Å²) in [6.07, 6.45) is -0.870. The lowest BCUT2D eigenvalue weighted by atomic mass is 10.2. The van der Waals surface area contributed by atoms with Crippen molar-refractivity contribution in [3.8, 4) is 0 Å². The molecule has 2 aromatic rings. The molecule has 1 aliphatic rings. The van der Waals surface area contributed by atoms with E-state index in [0.29, 0.717) is 32.8 Å². The third-order valence-electron chi connectivity index (χ3n) is 5.06. The number of benzene rings is 2. The Hall–Kier alpha value is -2.34. The van der Waals surface area contributed by atoms with Gasteiger partial charge in [0.15, 0.2) is 0 Å². The number of esters is 1. The number of ether oxygens (including phenoxy) is 5. The van der Waals surface area contributed by atoms with E-state index in [1.807, 2.05) is 30.3 Å². The first kappa shape index (κ1) is 26.3. The van der Waals surface area contributed by atoms with Crippen molar-refractivity contribution in [2.75, 3.05) is 46.8 Å². The first-order valence-electron chi connectivity index (χ1n) is 11.0. The van der Waals surface area contributed by atoms with Gasteiger partial charge in [0.25, 0.3) is 10.1 Å². The maximum atomic E-state index is 13.0. The van der Waals surface area contributed by atoms with Gasteiger partial charge in [0.2, 0.25) is 0 Å². The van der Waals surface area contributed by atoms with E-state index >= 15 is 0 Å². The van der Waals surface area contributed by atoms with Gasteiger partial charge < -0.3 is 23.7 Å². The maximum absolute atomic E-state index is 13.0. The Labute approximate surface area is 200 Å². The smallest absolute Gasteiger partial charge is 0.339 e. The predicted octanol–water partition coefficient (Wildman–Crippen LogP) is 2.59. The van der Waals surface area contributed by atoms with Crippen LogP contribution in [-0.4, -0.2) is 73.3 Å². The number of carbonyl (C=O) groups is 1. The molecule has 3 rings (SSSR count). The Bertz CT molecular complexity index is 995. The van der Waals surface area contributed by atoms with Crippen molar-refractivity contribution in [1.29, 1.82) is 0 Å². The van der Waals surface area contributed by atoms with E-state index in [-0.39, 0.29) is 30.3 Å². The molecule has 1 fully saturated rings. The highest BCUT2D eigenvalue weighted by Gasteiger charge is 2.35. The van der Waals surface area contributed by atoms with Gasteiger partial charge in [0, 0.05) is 20.1 Å². The summed E-state index contributed by atoms with van der Waals surface area (Å²) in [4.78, 5) is 12.3. The molecule has 2 atom stereocenters. The maximum Gasteiger partial charge on any atom is 0.339 e. The molecule has 1 aliphatic heterocycles. The fourth-order valence-corrected chi connectivity index (χ4v) is 4.66. The first-order chi connectivity index (χ1) is 16.5. The minimum Gasteiger partial charge on any atom is -0.460 e. The van der Waals surface area contributed by atoms with Crippen LogP contribution >= 0.6 is 0 Å². The highest BCUT2D eigenvalue weighted by Crippen LogP contribution is 2.26. The Morgan fingerprint density at radius 1 is 0.971 bits per heavy atom. The van der Waals surface area contributed by atoms with Crippen molar-refractivity contribution < 1.29 is 41.1 Å². The summed E-state index contributed by atoms with van der Waals surface area (Å²) < 4.78 is 58.2. The molecule has 0 unspecified atom stereocenters. The summed E-state index contributed by atoms with van der Waals surface area (Å²) in [6.45, 7) is 1.86. The zero-order chi connectivity index (χ0) is 24.2. The van der Waals surface area contributed by atoms with Crippen LogP contribution < -0.4 is 0 Å². The summed E-state index contributed by atoms with van der Waals surface area (Å²) in [5, 5.41) is 0. The van der Waals surface area contributed by atoms with Crippen LogP contribution in [0.4, 0.5) is 0 Å². The van der Waals surface area contributed by atoms with Gasteiger partial charge in [-0.3, -0.25) is 4.18 Å². The van der Waals surface area contributed by atoms with Gasteiger partial charge >= 0.3 is 5.97 Å². The van der Waals surface area contributed by atoms with E-state index in [1.165, 1.54) is 18.2 Å². The zero-order valence-electron chi connectivity index (χ0n) is 19.1. The lowest BCUT2D eigenvalue weighted by molar-refractivity contribution is -0.0212. The van der Waals surface area contributed by atoms with Crippen LogP contribution in [0.2, 0.25) is 0 Å². The number of hydrogen-bond acceptors (Lipinski definition) is 9. The van der Waals surface area contributed by atoms with Crippen LogP contribution in [0, 0.1) is 0 Å². The van der Waals surface area contributed by atoms with E-state index in [9.17, 15) is 13.2 Å². The van der Waals surface area contributed by atoms with Gasteiger partial charge in [0.05, 0.1) is 38.6 Å². The molecular weight excluding hydrogens is 464 g/mol. The van der Waals surface area contributed by atoms with Gasteiger partial charge in [-0.05, 0) is 17.7 Å². The number of methoxy groups -OCH3 is 1. The summed E-state index contributed by atoms with van der Waals surface area (Å²) in [6, 6.07) is 15.4. The molecule has 0 saturated carbocycles. The number of hydrogen-bond donors (Lipinski definition) is 0. The zero-order valence-corrected chi connectivity index (χ0v) is 19.9. The topological polar surface area (TPSA) is 107 Å². The van der Waals surface area contributed by atoms with E-state index in [0.717, 1.165) is 5.56 Å². The van der Waals surface area contributed by atoms with Crippen LogP contribution in [0.1, 0.15) is 22.3 Å². The Morgan fingerprint density at radius 2 is 1.71 bits per heavy atom. The van der Waals surface area contributed by atoms with Crippen molar-refractivity contribution in [1.82, 2.24) is 0 Å². The third kappa shape index (κ3) is 7.86. The molecule has 1 heterocycles. The molecule has 10 heteroatoms. The largest absolute Gasteiger partial charge is 0.460 e. The lowest BCUT2D eigenvalue weighted by Gasteiger charge is -2.19. The highest BCUT2D eigenvalue weighted by molar-refractivity contribution is 7.86. The average Bonchev–Trinajstić information content (AvgIpc) is 3.28. The van der Waals surface area contributed by atoms with Crippen LogP contribution in [0.25, 0.3) is 0 Å². The Balaban J connectivity index is 1.57. The standard InChI is InChI=1S/C24H30O9S/c1-28-13-14-29-15-16-32-24(25)20-9-5-6-10-23(20)34(26,27)33-21-11-12-31-22(21)18-30-17-19-7-3-2-4-8-19/h2-10,21-22H,11-18H2,1H3/t21-,22-/m0/s1. The molecule has 1 saturated heterocycles. The second kappa shape index (κ2) is 13.5. The van der Waals surface area contributed by atoms with E-state index in [4.69, 9.17) is 27.9 Å². The van der Waals surface area contributed by atoms with Crippen LogP contribution in [-0.2, 0) is 44.6 Å². The Kier molecular flexibility index (Phi) is 10.4. The summed E-state index contributed by atoms with van der Waals surface area (Å²) >= 11 is 0. The van der Waals surface area contributed by atoms with Crippen molar-refractivity contribution in [2.45, 2.75) is 30.1 Å². The normalized spacial score (nSPS) is 18.1. The second-order valence-electron chi connectivity index (χ2n) is 7.52. The molecule has 0 spiro atoms. The Morgan fingerprint density at radius 3 is 2.50 bits per heavy atom. The molecule has 0 bridgehead atoms. The first-order valence-corrected chi connectivity index (χ1v) is 12.4. The predicted molar refractivity (Wildman–Crippen MR) is 122 cm³/mol. The van der Waals surface area contributed by atoms with Gasteiger partial charge in [-0.1, -0.05) is 42.5 Å². The monoisotopic (exact) mass is 494 g/mol. The summed E-state index contributed by atoms with van der Waals surface area (Å²) in [5.41, 5.74) is 0.900. The summed E-state index contributed by atoms with van der Waals surface area (Å²) in [5.74, 6) is -0.775. The third-order valence-corrected chi connectivity index (χ3v) is 6.46. The summed E-state index contributed by atoms with van der Waals surface area (Å²) in [7, 11) is -2.70. The number of carbonyl (C=O) groups excluding carboxylic acids is 1. The van der Waals surface area contributed by atoms with Crippen LogP contribution in [0.15, 0.2) is 59.5 Å².